The maximum atomic E-state index is 12.6. The molecule has 2 aromatic carbocycles. The summed E-state index contributed by atoms with van der Waals surface area (Å²) >= 11 is 0. The molecule has 0 spiro atoms. The van der Waals surface area contributed by atoms with Crippen molar-refractivity contribution < 1.29 is 9.53 Å². The average molecular weight is 390 g/mol. The molecule has 0 saturated heterocycles. The molecule has 1 heterocycles. The molecule has 1 amide bonds. The van der Waals surface area contributed by atoms with E-state index in [4.69, 9.17) is 4.74 Å². The number of ether oxygens (including phenoxy) is 1. The second-order valence-corrected chi connectivity index (χ2v) is 7.81. The molecular weight excluding hydrogens is 364 g/mol. The number of carbonyl (C=O) groups is 1. The third kappa shape index (κ3) is 6.31. The molecule has 0 bridgehead atoms. The third-order valence-electron chi connectivity index (χ3n) is 3.93. The number of nitrogens with one attached hydrogen (secondary N) is 2. The minimum atomic E-state index is -0.287. The van der Waals surface area contributed by atoms with Gasteiger partial charge in [0.15, 0.2) is 0 Å². The summed E-state index contributed by atoms with van der Waals surface area (Å²) in [6.45, 7) is 8.36. The van der Waals surface area contributed by atoms with Crippen LogP contribution >= 0.6 is 0 Å². The number of anilines is 2. The fraction of sp³-hybridized carbons (Fsp3) is 0.261. The van der Waals surface area contributed by atoms with Crippen LogP contribution in [-0.2, 0) is 6.61 Å². The summed E-state index contributed by atoms with van der Waals surface area (Å²) in [5.41, 5.74) is 1.92. The van der Waals surface area contributed by atoms with E-state index >= 15 is 0 Å². The van der Waals surface area contributed by atoms with Gasteiger partial charge in [0, 0.05) is 17.3 Å². The van der Waals surface area contributed by atoms with Gasteiger partial charge in [-0.25, -0.2) is 9.97 Å². The number of hydrogen-bond acceptors (Lipinski definition) is 5. The van der Waals surface area contributed by atoms with Gasteiger partial charge in [-0.1, -0.05) is 30.3 Å². The van der Waals surface area contributed by atoms with Crippen LogP contribution in [0.25, 0.3) is 0 Å². The average Bonchev–Trinajstić information content (AvgIpc) is 2.66. The first-order valence-corrected chi connectivity index (χ1v) is 9.50. The molecule has 29 heavy (non-hydrogen) atoms. The quantitative estimate of drug-likeness (QED) is 0.631. The standard InChI is InChI=1S/C23H26N4O2/c1-16-24-20(14-21(25-16)27-23(2,3)4)22(28)26-18-10-12-19(13-11-18)29-15-17-8-6-5-7-9-17/h5-14H,15H2,1-4H3,(H,26,28)(H,24,25,27). The molecule has 2 N–H and O–H groups in total. The van der Waals surface area contributed by atoms with E-state index in [0.717, 1.165) is 11.3 Å². The van der Waals surface area contributed by atoms with Crippen LogP contribution in [0.4, 0.5) is 11.5 Å². The molecule has 0 fully saturated rings. The van der Waals surface area contributed by atoms with Gasteiger partial charge < -0.3 is 15.4 Å². The second-order valence-electron chi connectivity index (χ2n) is 7.81. The highest BCUT2D eigenvalue weighted by Crippen LogP contribution is 2.19. The van der Waals surface area contributed by atoms with Crippen molar-refractivity contribution in [3.05, 3.63) is 77.7 Å². The highest BCUT2D eigenvalue weighted by molar-refractivity contribution is 6.03. The summed E-state index contributed by atoms with van der Waals surface area (Å²) in [7, 11) is 0. The number of benzene rings is 2. The molecule has 150 valence electrons. The lowest BCUT2D eigenvalue weighted by Gasteiger charge is -2.21. The van der Waals surface area contributed by atoms with Crippen molar-refractivity contribution in [1.29, 1.82) is 0 Å². The van der Waals surface area contributed by atoms with Gasteiger partial charge in [0.25, 0.3) is 5.91 Å². The molecule has 1 aromatic heterocycles. The van der Waals surface area contributed by atoms with E-state index < -0.39 is 0 Å². The van der Waals surface area contributed by atoms with Crippen LogP contribution in [0.1, 0.15) is 42.6 Å². The lowest BCUT2D eigenvalue weighted by Crippen LogP contribution is -2.27. The Balaban J connectivity index is 1.63. The van der Waals surface area contributed by atoms with E-state index in [1.54, 1.807) is 25.1 Å². The fourth-order valence-electron chi connectivity index (χ4n) is 2.70. The van der Waals surface area contributed by atoms with E-state index in [9.17, 15) is 4.79 Å². The van der Waals surface area contributed by atoms with Gasteiger partial charge in [0.05, 0.1) is 0 Å². The zero-order chi connectivity index (χ0) is 20.9. The molecule has 0 aliphatic rings. The minimum Gasteiger partial charge on any atom is -0.489 e. The number of aromatic nitrogens is 2. The SMILES string of the molecule is Cc1nc(NC(C)(C)C)cc(C(=O)Nc2ccc(OCc3ccccc3)cc2)n1. The molecule has 0 radical (unpaired) electrons. The van der Waals surface area contributed by atoms with Gasteiger partial charge in [-0.05, 0) is 57.5 Å². The van der Waals surface area contributed by atoms with Crippen LogP contribution in [0.2, 0.25) is 0 Å². The molecule has 0 aliphatic heterocycles. The van der Waals surface area contributed by atoms with Crippen LogP contribution < -0.4 is 15.4 Å². The number of hydrogen-bond donors (Lipinski definition) is 2. The van der Waals surface area contributed by atoms with E-state index in [1.165, 1.54) is 0 Å². The van der Waals surface area contributed by atoms with Gasteiger partial charge in [-0.2, -0.15) is 0 Å². The first-order valence-electron chi connectivity index (χ1n) is 9.50. The van der Waals surface area contributed by atoms with Crippen molar-refractivity contribution in [2.24, 2.45) is 0 Å². The monoisotopic (exact) mass is 390 g/mol. The highest BCUT2D eigenvalue weighted by Gasteiger charge is 2.15. The Bertz CT molecular complexity index is 964. The predicted molar refractivity (Wildman–Crippen MR) is 115 cm³/mol. The first-order chi connectivity index (χ1) is 13.8. The van der Waals surface area contributed by atoms with Crippen LogP contribution in [0, 0.1) is 6.92 Å². The Morgan fingerprint density at radius 2 is 1.69 bits per heavy atom. The van der Waals surface area contributed by atoms with Gasteiger partial charge in [0.1, 0.15) is 29.7 Å². The lowest BCUT2D eigenvalue weighted by atomic mass is 10.1. The predicted octanol–water partition coefficient (Wildman–Crippen LogP) is 4.83. The Labute approximate surface area is 171 Å². The number of amides is 1. The second kappa shape index (κ2) is 8.73. The van der Waals surface area contributed by atoms with Crippen LogP contribution in [0.15, 0.2) is 60.7 Å². The molecular formula is C23H26N4O2. The molecule has 3 aromatic rings. The van der Waals surface area contributed by atoms with Crippen molar-refractivity contribution in [2.75, 3.05) is 10.6 Å². The van der Waals surface area contributed by atoms with Crippen LogP contribution in [0.5, 0.6) is 5.75 Å². The van der Waals surface area contributed by atoms with E-state index in [1.807, 2.05) is 63.2 Å². The van der Waals surface area contributed by atoms with Gasteiger partial charge in [0.2, 0.25) is 0 Å². The highest BCUT2D eigenvalue weighted by atomic mass is 16.5. The summed E-state index contributed by atoms with van der Waals surface area (Å²) in [6, 6.07) is 18.9. The summed E-state index contributed by atoms with van der Waals surface area (Å²) in [4.78, 5) is 21.2. The first kappa shape index (κ1) is 20.3. The van der Waals surface area contributed by atoms with Crippen LogP contribution in [-0.4, -0.2) is 21.4 Å². The molecule has 0 unspecified atom stereocenters. The van der Waals surface area contributed by atoms with Crippen molar-refractivity contribution in [3.63, 3.8) is 0 Å². The summed E-state index contributed by atoms with van der Waals surface area (Å²) in [5, 5.41) is 6.13. The minimum absolute atomic E-state index is 0.163. The van der Waals surface area contributed by atoms with Gasteiger partial charge >= 0.3 is 0 Å². The smallest absolute Gasteiger partial charge is 0.274 e. The zero-order valence-corrected chi connectivity index (χ0v) is 17.2. The number of rotatable bonds is 6. The summed E-state index contributed by atoms with van der Waals surface area (Å²) < 4.78 is 5.77. The Morgan fingerprint density at radius 3 is 2.34 bits per heavy atom. The molecule has 3 rings (SSSR count). The Kier molecular flexibility index (Phi) is 6.12. The lowest BCUT2D eigenvalue weighted by molar-refractivity contribution is 0.102. The topological polar surface area (TPSA) is 76.1 Å². The van der Waals surface area contributed by atoms with Crippen molar-refractivity contribution in [2.45, 2.75) is 39.8 Å². The van der Waals surface area contributed by atoms with Crippen molar-refractivity contribution in [1.82, 2.24) is 9.97 Å². The molecule has 0 aliphatic carbocycles. The fourth-order valence-corrected chi connectivity index (χ4v) is 2.70. The van der Waals surface area contributed by atoms with Gasteiger partial charge in [-0.3, -0.25) is 4.79 Å². The maximum Gasteiger partial charge on any atom is 0.274 e. The van der Waals surface area contributed by atoms with E-state index in [2.05, 4.69) is 20.6 Å². The molecule has 0 atom stereocenters. The number of aryl methyl sites for hydroxylation is 1. The van der Waals surface area contributed by atoms with E-state index in [0.29, 0.717) is 29.6 Å². The number of carbonyl (C=O) groups excluding carboxylic acids is 1. The Morgan fingerprint density at radius 1 is 1.00 bits per heavy atom. The largest absolute Gasteiger partial charge is 0.489 e. The van der Waals surface area contributed by atoms with Crippen molar-refractivity contribution >= 4 is 17.4 Å². The molecule has 6 heteroatoms. The maximum absolute atomic E-state index is 12.6. The molecule has 6 nitrogen and oxygen atoms in total. The van der Waals surface area contributed by atoms with E-state index in [-0.39, 0.29) is 11.4 Å². The van der Waals surface area contributed by atoms with Crippen molar-refractivity contribution in [3.8, 4) is 5.75 Å². The third-order valence-corrected chi connectivity index (χ3v) is 3.93. The molecule has 0 saturated carbocycles. The summed E-state index contributed by atoms with van der Waals surface area (Å²) in [5.74, 6) is 1.61. The normalized spacial score (nSPS) is 11.0. The Hall–Kier alpha value is -3.41. The van der Waals surface area contributed by atoms with Gasteiger partial charge in [-0.15, -0.1) is 0 Å². The number of nitrogens with zero attached hydrogens (tertiary/aromatic N) is 2. The summed E-state index contributed by atoms with van der Waals surface area (Å²) in [6.07, 6.45) is 0. The van der Waals surface area contributed by atoms with Crippen LogP contribution in [0.3, 0.4) is 0 Å². The zero-order valence-electron chi connectivity index (χ0n) is 17.2.